The largest absolute Gasteiger partial charge is 0.432 e. The highest BCUT2D eigenvalue weighted by Crippen LogP contribution is 2.62. The van der Waals surface area contributed by atoms with Crippen LogP contribution in [-0.4, -0.2) is 13.1 Å². The molecule has 4 bridgehead atoms. The number of hydrogen-bond acceptors (Lipinski definition) is 1. The average Bonchev–Trinajstić information content (AvgIpc) is 2.09. The van der Waals surface area contributed by atoms with Gasteiger partial charge < -0.3 is 4.80 Å². The van der Waals surface area contributed by atoms with Crippen LogP contribution >= 0.6 is 0 Å². The van der Waals surface area contributed by atoms with Crippen molar-refractivity contribution in [1.29, 1.82) is 0 Å². The summed E-state index contributed by atoms with van der Waals surface area (Å²) in [6.07, 6.45) is 10.6. The first kappa shape index (κ1) is 13.2. The van der Waals surface area contributed by atoms with Crippen molar-refractivity contribution >= 4 is 8.32 Å². The second-order valence-electron chi connectivity index (χ2n) is 8.74. The first-order valence-electron chi connectivity index (χ1n) is 8.06. The molecule has 0 aliphatic heterocycles. The second-order valence-corrected chi connectivity index (χ2v) is 12.8. The molecule has 18 heavy (non-hydrogen) atoms. The van der Waals surface area contributed by atoms with E-state index in [4.69, 9.17) is 0 Å². The Hall–Kier alpha value is 0.177. The van der Waals surface area contributed by atoms with Gasteiger partial charge in [-0.15, -0.1) is 0 Å². The Morgan fingerprint density at radius 3 is 1.89 bits per heavy atom. The van der Waals surface area contributed by atoms with Gasteiger partial charge in [-0.05, 0) is 93.2 Å². The van der Waals surface area contributed by atoms with Crippen molar-refractivity contribution in [2.24, 2.45) is 29.1 Å². The molecule has 0 aromatic rings. The summed E-state index contributed by atoms with van der Waals surface area (Å²) in [7, 11) is -1.86. The Labute approximate surface area is 113 Å². The van der Waals surface area contributed by atoms with Crippen LogP contribution in [0.3, 0.4) is 0 Å². The fraction of sp³-hybridized carbons (Fsp3) is 1.00. The van der Waals surface area contributed by atoms with Crippen molar-refractivity contribution < 1.29 is 4.80 Å². The minimum atomic E-state index is -1.86. The van der Waals surface area contributed by atoms with Crippen LogP contribution in [0.15, 0.2) is 0 Å². The number of rotatable bonds is 4. The Morgan fingerprint density at radius 2 is 1.50 bits per heavy atom. The fourth-order valence-corrected chi connectivity index (χ4v) is 8.05. The molecule has 1 unspecified atom stereocenters. The van der Waals surface area contributed by atoms with E-state index in [9.17, 15) is 4.80 Å². The molecule has 0 radical (unpaired) electrons. The zero-order valence-electron chi connectivity index (χ0n) is 12.4. The maximum absolute atomic E-state index is 10.1. The molecule has 4 aliphatic carbocycles. The van der Waals surface area contributed by atoms with Crippen molar-refractivity contribution in [3.63, 3.8) is 0 Å². The van der Waals surface area contributed by atoms with Crippen LogP contribution in [0, 0.1) is 29.1 Å². The van der Waals surface area contributed by atoms with E-state index in [0.29, 0.717) is 5.41 Å². The smallest absolute Gasteiger partial charge is 0.182 e. The predicted octanol–water partition coefficient (Wildman–Crippen LogP) is 4.43. The van der Waals surface area contributed by atoms with Gasteiger partial charge in [0.1, 0.15) is 0 Å². The summed E-state index contributed by atoms with van der Waals surface area (Å²) in [6, 6.07) is 1.11. The molecular weight excluding hydrogens is 236 g/mol. The SMILES string of the molecule is CC(CC12CC3CC(CC(C3)C1)C2)C[Si](C)(C)O. The first-order valence-corrected chi connectivity index (χ1v) is 11.2. The van der Waals surface area contributed by atoms with Gasteiger partial charge in [0, 0.05) is 0 Å². The van der Waals surface area contributed by atoms with E-state index in [2.05, 4.69) is 20.0 Å². The van der Waals surface area contributed by atoms with Gasteiger partial charge in [0.05, 0.1) is 0 Å². The maximum Gasteiger partial charge on any atom is 0.182 e. The van der Waals surface area contributed by atoms with Crippen LogP contribution in [0.5, 0.6) is 0 Å². The highest BCUT2D eigenvalue weighted by molar-refractivity contribution is 6.69. The molecule has 0 spiro atoms. The molecule has 1 N–H and O–H groups in total. The van der Waals surface area contributed by atoms with E-state index in [1.165, 1.54) is 25.7 Å². The minimum Gasteiger partial charge on any atom is -0.432 e. The predicted molar refractivity (Wildman–Crippen MR) is 78.9 cm³/mol. The fourth-order valence-electron chi connectivity index (χ4n) is 6.20. The van der Waals surface area contributed by atoms with Crippen molar-refractivity contribution in [2.45, 2.75) is 71.0 Å². The van der Waals surface area contributed by atoms with E-state index in [-0.39, 0.29) is 0 Å². The molecule has 2 heteroatoms. The third kappa shape index (κ3) is 2.70. The summed E-state index contributed by atoms with van der Waals surface area (Å²) < 4.78 is 0. The van der Waals surface area contributed by atoms with Crippen LogP contribution in [0.4, 0.5) is 0 Å². The van der Waals surface area contributed by atoms with Crippen molar-refractivity contribution in [3.05, 3.63) is 0 Å². The molecule has 0 saturated heterocycles. The monoisotopic (exact) mass is 266 g/mol. The normalized spacial score (nSPS) is 44.3. The zero-order valence-corrected chi connectivity index (χ0v) is 13.4. The molecule has 1 nitrogen and oxygen atoms in total. The molecular formula is C16H30OSi. The van der Waals surface area contributed by atoms with Gasteiger partial charge in [-0.25, -0.2) is 0 Å². The highest BCUT2D eigenvalue weighted by Gasteiger charge is 2.51. The molecule has 0 amide bonds. The molecule has 4 aliphatic rings. The molecule has 0 aromatic carbocycles. The van der Waals surface area contributed by atoms with E-state index in [1.807, 2.05) is 0 Å². The lowest BCUT2D eigenvalue weighted by atomic mass is 9.48. The Kier molecular flexibility index (Phi) is 3.18. The Morgan fingerprint density at radius 1 is 1.06 bits per heavy atom. The lowest BCUT2D eigenvalue weighted by molar-refractivity contribution is -0.0633. The van der Waals surface area contributed by atoms with Crippen LogP contribution < -0.4 is 0 Å². The van der Waals surface area contributed by atoms with Gasteiger partial charge in [-0.2, -0.15) is 0 Å². The second kappa shape index (κ2) is 4.34. The lowest BCUT2D eigenvalue weighted by Crippen LogP contribution is -2.47. The summed E-state index contributed by atoms with van der Waals surface area (Å²) >= 11 is 0. The van der Waals surface area contributed by atoms with Crippen LogP contribution in [-0.2, 0) is 0 Å². The third-order valence-corrected chi connectivity index (χ3v) is 7.49. The molecule has 0 heterocycles. The topological polar surface area (TPSA) is 20.2 Å². The van der Waals surface area contributed by atoms with Crippen molar-refractivity contribution in [1.82, 2.24) is 0 Å². The molecule has 1 atom stereocenters. The van der Waals surface area contributed by atoms with Gasteiger partial charge in [0.15, 0.2) is 8.32 Å². The van der Waals surface area contributed by atoms with Gasteiger partial charge >= 0.3 is 0 Å². The summed E-state index contributed by atoms with van der Waals surface area (Å²) in [4.78, 5) is 10.1. The molecule has 4 saturated carbocycles. The van der Waals surface area contributed by atoms with Gasteiger partial charge in [0.25, 0.3) is 0 Å². The zero-order chi connectivity index (χ0) is 13.0. The molecule has 104 valence electrons. The van der Waals surface area contributed by atoms with Crippen LogP contribution in [0.1, 0.15) is 51.9 Å². The quantitative estimate of drug-likeness (QED) is 0.747. The minimum absolute atomic E-state index is 0.702. The van der Waals surface area contributed by atoms with Gasteiger partial charge in [0.2, 0.25) is 0 Å². The summed E-state index contributed by atoms with van der Waals surface area (Å²) in [6.45, 7) is 6.59. The van der Waals surface area contributed by atoms with Crippen LogP contribution in [0.2, 0.25) is 19.1 Å². The molecule has 4 rings (SSSR count). The van der Waals surface area contributed by atoms with E-state index in [0.717, 1.165) is 29.7 Å². The first-order chi connectivity index (χ1) is 8.34. The van der Waals surface area contributed by atoms with E-state index in [1.54, 1.807) is 19.3 Å². The maximum atomic E-state index is 10.1. The van der Waals surface area contributed by atoms with Crippen molar-refractivity contribution in [2.75, 3.05) is 0 Å². The van der Waals surface area contributed by atoms with Gasteiger partial charge in [-0.1, -0.05) is 6.92 Å². The molecule has 4 fully saturated rings. The summed E-state index contributed by atoms with van der Waals surface area (Å²) in [5.41, 5.74) is 0.702. The summed E-state index contributed by atoms with van der Waals surface area (Å²) in [5, 5.41) is 0. The standard InChI is InChI=1S/C16H30OSi/c1-12(11-18(2,3)17)7-16-8-13-4-14(9-16)6-15(5-13)10-16/h12-15,17H,4-11H2,1-3H3. The highest BCUT2D eigenvalue weighted by atomic mass is 28.4. The van der Waals surface area contributed by atoms with E-state index >= 15 is 0 Å². The van der Waals surface area contributed by atoms with Gasteiger partial charge in [-0.3, -0.25) is 0 Å². The van der Waals surface area contributed by atoms with E-state index < -0.39 is 8.32 Å². The third-order valence-electron chi connectivity index (χ3n) is 5.79. The van der Waals surface area contributed by atoms with Crippen molar-refractivity contribution in [3.8, 4) is 0 Å². The van der Waals surface area contributed by atoms with Crippen LogP contribution in [0.25, 0.3) is 0 Å². The number of hydrogen-bond donors (Lipinski definition) is 1. The Bertz CT molecular complexity index is 282. The molecule has 0 aromatic heterocycles. The Balaban J connectivity index is 1.65. The lowest BCUT2D eigenvalue weighted by Gasteiger charge is -2.57. The average molecular weight is 267 g/mol. The summed E-state index contributed by atoms with van der Waals surface area (Å²) in [5.74, 6) is 3.96.